The van der Waals surface area contributed by atoms with E-state index in [0.717, 1.165) is 23.6 Å². The van der Waals surface area contributed by atoms with Crippen LogP contribution < -0.4 is 10.6 Å². The molecule has 0 spiro atoms. The van der Waals surface area contributed by atoms with Crippen molar-refractivity contribution in [3.05, 3.63) is 23.4 Å². The Morgan fingerprint density at radius 2 is 2.20 bits per heavy atom. The summed E-state index contributed by atoms with van der Waals surface area (Å²) in [6.07, 6.45) is -4.54. The first-order chi connectivity index (χ1) is 9.30. The molecule has 1 atom stereocenters. The van der Waals surface area contributed by atoms with Gasteiger partial charge >= 0.3 is 6.18 Å². The van der Waals surface area contributed by atoms with E-state index >= 15 is 0 Å². The lowest BCUT2D eigenvalue weighted by Gasteiger charge is -2.35. The maximum Gasteiger partial charge on any atom is 0.433 e. The van der Waals surface area contributed by atoms with Crippen LogP contribution in [0.5, 0.6) is 0 Å². The fraction of sp³-hybridized carbons (Fsp3) is 0.500. The van der Waals surface area contributed by atoms with Gasteiger partial charge in [-0.25, -0.2) is 4.98 Å². The van der Waals surface area contributed by atoms with Crippen molar-refractivity contribution in [2.45, 2.75) is 19.1 Å². The lowest BCUT2D eigenvalue weighted by Crippen LogP contribution is -2.42. The average molecular weight is 305 g/mol. The summed E-state index contributed by atoms with van der Waals surface area (Å²) < 4.78 is 38.3. The molecule has 2 rings (SSSR count). The van der Waals surface area contributed by atoms with Crippen molar-refractivity contribution in [2.24, 2.45) is 5.73 Å². The number of hydrogen-bond donors (Lipinski definition) is 1. The van der Waals surface area contributed by atoms with Gasteiger partial charge in [0.25, 0.3) is 5.91 Å². The summed E-state index contributed by atoms with van der Waals surface area (Å²) >= 11 is 1.72. The average Bonchev–Trinajstić information content (AvgIpc) is 2.37. The van der Waals surface area contributed by atoms with E-state index in [1.165, 1.54) is 0 Å². The van der Waals surface area contributed by atoms with Crippen molar-refractivity contribution < 1.29 is 18.0 Å². The molecule has 2 N–H and O–H groups in total. The normalized spacial score (nSPS) is 20.0. The van der Waals surface area contributed by atoms with Crippen molar-refractivity contribution >= 4 is 23.5 Å². The van der Waals surface area contributed by atoms with Crippen molar-refractivity contribution in [3.63, 3.8) is 0 Å². The summed E-state index contributed by atoms with van der Waals surface area (Å²) in [4.78, 5) is 16.7. The molecule has 1 aromatic rings. The fourth-order valence-corrected chi connectivity index (χ4v) is 3.07. The molecule has 110 valence electrons. The summed E-state index contributed by atoms with van der Waals surface area (Å²) in [5.41, 5.74) is 4.25. The zero-order valence-electron chi connectivity index (χ0n) is 10.8. The number of primary amides is 1. The monoisotopic (exact) mass is 305 g/mol. The molecule has 0 bridgehead atoms. The van der Waals surface area contributed by atoms with Gasteiger partial charge in [-0.05, 0) is 19.1 Å². The van der Waals surface area contributed by atoms with Gasteiger partial charge < -0.3 is 10.6 Å². The zero-order chi connectivity index (χ0) is 14.9. The minimum Gasteiger partial charge on any atom is -0.365 e. The number of nitrogens with zero attached hydrogens (tertiary/aromatic N) is 2. The third-order valence-corrected chi connectivity index (χ3v) is 4.26. The fourth-order valence-electron chi connectivity index (χ4n) is 2.06. The molecule has 4 nitrogen and oxygen atoms in total. The Balaban J connectivity index is 2.49. The first-order valence-electron chi connectivity index (χ1n) is 6.03. The number of carbonyl (C=O) groups excluding carboxylic acids is 1. The highest BCUT2D eigenvalue weighted by Gasteiger charge is 2.35. The highest BCUT2D eigenvalue weighted by Crippen LogP contribution is 2.32. The quantitative estimate of drug-likeness (QED) is 0.909. The van der Waals surface area contributed by atoms with E-state index in [1.54, 1.807) is 16.7 Å². The van der Waals surface area contributed by atoms with Gasteiger partial charge in [0.1, 0.15) is 11.5 Å². The molecule has 1 aliphatic heterocycles. The highest BCUT2D eigenvalue weighted by atomic mass is 32.2. The zero-order valence-corrected chi connectivity index (χ0v) is 11.6. The van der Waals surface area contributed by atoms with Crippen LogP contribution in [-0.4, -0.2) is 35.0 Å². The number of carbonyl (C=O) groups is 1. The Hall–Kier alpha value is -1.44. The van der Waals surface area contributed by atoms with Crippen molar-refractivity contribution in [3.8, 4) is 0 Å². The number of alkyl halides is 3. The molecule has 0 saturated carbocycles. The summed E-state index contributed by atoms with van der Waals surface area (Å²) in [5.74, 6) is 0.808. The number of aromatic nitrogens is 1. The Kier molecular flexibility index (Phi) is 4.12. The van der Waals surface area contributed by atoms with Gasteiger partial charge in [-0.15, -0.1) is 0 Å². The standard InChI is InChI=1S/C12H14F3N3OS/c1-7-6-20-5-4-18(7)11-8(10(16)19)2-3-9(17-11)12(13,14)15/h2-3,7H,4-6H2,1H3,(H2,16,19). The van der Waals surface area contributed by atoms with Crippen LogP contribution in [-0.2, 0) is 6.18 Å². The van der Waals surface area contributed by atoms with Gasteiger partial charge in [0.15, 0.2) is 0 Å². The Morgan fingerprint density at radius 1 is 1.50 bits per heavy atom. The molecule has 1 amide bonds. The minimum absolute atomic E-state index is 0.00262. The van der Waals surface area contributed by atoms with Crippen LogP contribution in [0.3, 0.4) is 0 Å². The molecular weight excluding hydrogens is 291 g/mol. The lowest BCUT2D eigenvalue weighted by atomic mass is 10.1. The number of pyridine rings is 1. The first kappa shape index (κ1) is 15.0. The number of hydrogen-bond acceptors (Lipinski definition) is 4. The van der Waals surface area contributed by atoms with Crippen LogP contribution in [0.1, 0.15) is 23.0 Å². The largest absolute Gasteiger partial charge is 0.433 e. The Labute approximate surface area is 118 Å². The molecular formula is C12H14F3N3OS. The summed E-state index contributed by atoms with van der Waals surface area (Å²) in [6.45, 7) is 2.43. The molecule has 1 aromatic heterocycles. The van der Waals surface area contributed by atoms with Gasteiger partial charge in [-0.3, -0.25) is 4.79 Å². The van der Waals surface area contributed by atoms with Gasteiger partial charge in [0.2, 0.25) is 0 Å². The predicted molar refractivity (Wildman–Crippen MR) is 71.9 cm³/mol. The molecule has 2 heterocycles. The van der Waals surface area contributed by atoms with Crippen LogP contribution in [0, 0.1) is 0 Å². The molecule has 8 heteroatoms. The Morgan fingerprint density at radius 3 is 2.75 bits per heavy atom. The van der Waals surface area contributed by atoms with Crippen LogP contribution >= 0.6 is 11.8 Å². The van der Waals surface area contributed by atoms with Gasteiger partial charge in [-0.1, -0.05) is 0 Å². The second-order valence-corrected chi connectivity index (χ2v) is 5.70. The van der Waals surface area contributed by atoms with Crippen molar-refractivity contribution in [1.82, 2.24) is 4.98 Å². The number of anilines is 1. The summed E-state index contributed by atoms with van der Waals surface area (Å²) in [7, 11) is 0. The van der Waals surface area contributed by atoms with E-state index in [0.29, 0.717) is 6.54 Å². The van der Waals surface area contributed by atoms with E-state index in [1.807, 2.05) is 6.92 Å². The number of halogens is 3. The lowest BCUT2D eigenvalue weighted by molar-refractivity contribution is -0.141. The minimum atomic E-state index is -4.54. The molecule has 20 heavy (non-hydrogen) atoms. The van der Waals surface area contributed by atoms with E-state index in [4.69, 9.17) is 5.73 Å². The number of nitrogens with two attached hydrogens (primary N) is 1. The third-order valence-electron chi connectivity index (χ3n) is 3.07. The highest BCUT2D eigenvalue weighted by molar-refractivity contribution is 7.99. The summed E-state index contributed by atoms with van der Waals surface area (Å²) in [6, 6.07) is 1.89. The molecule has 1 fully saturated rings. The van der Waals surface area contributed by atoms with E-state index < -0.39 is 17.8 Å². The van der Waals surface area contributed by atoms with E-state index in [-0.39, 0.29) is 17.4 Å². The second kappa shape index (κ2) is 5.51. The SMILES string of the molecule is CC1CSCCN1c1nc(C(F)(F)F)ccc1C(N)=O. The van der Waals surface area contributed by atoms with Crippen molar-refractivity contribution in [2.75, 3.05) is 23.0 Å². The molecule has 0 aromatic carbocycles. The molecule has 1 aliphatic rings. The molecule has 0 radical (unpaired) electrons. The molecule has 1 unspecified atom stereocenters. The number of thioether (sulfide) groups is 1. The first-order valence-corrected chi connectivity index (χ1v) is 7.18. The van der Waals surface area contributed by atoms with E-state index in [2.05, 4.69) is 4.98 Å². The second-order valence-electron chi connectivity index (χ2n) is 4.55. The van der Waals surface area contributed by atoms with Gasteiger partial charge in [-0.2, -0.15) is 24.9 Å². The maximum atomic E-state index is 12.8. The predicted octanol–water partition coefficient (Wildman–Crippen LogP) is 2.14. The van der Waals surface area contributed by atoms with Crippen LogP contribution in [0.25, 0.3) is 0 Å². The topological polar surface area (TPSA) is 59.2 Å². The third kappa shape index (κ3) is 3.00. The smallest absolute Gasteiger partial charge is 0.365 e. The van der Waals surface area contributed by atoms with Gasteiger partial charge in [0.05, 0.1) is 5.56 Å². The van der Waals surface area contributed by atoms with Crippen LogP contribution in [0.15, 0.2) is 12.1 Å². The Bertz CT molecular complexity index is 521. The number of rotatable bonds is 2. The van der Waals surface area contributed by atoms with E-state index in [9.17, 15) is 18.0 Å². The number of amides is 1. The van der Waals surface area contributed by atoms with Gasteiger partial charge in [0, 0.05) is 24.1 Å². The van der Waals surface area contributed by atoms with Crippen LogP contribution in [0.4, 0.5) is 19.0 Å². The molecule has 0 aliphatic carbocycles. The summed E-state index contributed by atoms with van der Waals surface area (Å²) in [5, 5.41) is 0. The maximum absolute atomic E-state index is 12.8. The molecule has 1 saturated heterocycles. The van der Waals surface area contributed by atoms with Crippen molar-refractivity contribution in [1.29, 1.82) is 0 Å². The van der Waals surface area contributed by atoms with Crippen LogP contribution in [0.2, 0.25) is 0 Å².